The van der Waals surface area contributed by atoms with Gasteiger partial charge in [-0.15, -0.1) is 0 Å². The molecule has 0 aliphatic carbocycles. The fourth-order valence-electron chi connectivity index (χ4n) is 1.59. The van der Waals surface area contributed by atoms with E-state index in [1.807, 2.05) is 32.4 Å². The van der Waals surface area contributed by atoms with Crippen molar-refractivity contribution in [1.82, 2.24) is 19.7 Å². The Bertz CT molecular complexity index is 567. The van der Waals surface area contributed by atoms with Crippen molar-refractivity contribution in [2.45, 2.75) is 26.2 Å². The van der Waals surface area contributed by atoms with E-state index in [2.05, 4.69) is 46.5 Å². The lowest BCUT2D eigenvalue weighted by Crippen LogP contribution is -2.17. The molecule has 2 aromatic heterocycles. The third kappa shape index (κ3) is 3.21. The molecule has 0 aliphatic rings. The maximum Gasteiger partial charge on any atom is 0.153 e. The summed E-state index contributed by atoms with van der Waals surface area (Å²) in [5, 5.41) is 10.5. The van der Waals surface area contributed by atoms with Crippen molar-refractivity contribution in [2.75, 3.05) is 17.7 Å². The molecule has 2 aromatic rings. The SMILES string of the molecule is CNc1cc(Nc2ccn(C)n2)nc(C(C)(C)C)n1. The highest BCUT2D eigenvalue weighted by molar-refractivity contribution is 5.55. The molecule has 2 rings (SSSR count). The minimum Gasteiger partial charge on any atom is -0.373 e. The summed E-state index contributed by atoms with van der Waals surface area (Å²) in [5.74, 6) is 3.09. The molecule has 6 nitrogen and oxygen atoms in total. The van der Waals surface area contributed by atoms with Crippen LogP contribution in [0.2, 0.25) is 0 Å². The summed E-state index contributed by atoms with van der Waals surface area (Å²) in [7, 11) is 3.73. The van der Waals surface area contributed by atoms with Crippen LogP contribution in [-0.2, 0) is 12.5 Å². The summed E-state index contributed by atoms with van der Waals surface area (Å²) in [6.07, 6.45) is 1.88. The van der Waals surface area contributed by atoms with Crippen LogP contribution in [0.4, 0.5) is 17.5 Å². The van der Waals surface area contributed by atoms with Crippen LogP contribution in [-0.4, -0.2) is 26.8 Å². The highest BCUT2D eigenvalue weighted by Gasteiger charge is 2.19. The predicted molar refractivity (Wildman–Crippen MR) is 76.8 cm³/mol. The number of hydrogen-bond acceptors (Lipinski definition) is 5. The third-order valence-corrected chi connectivity index (χ3v) is 2.62. The summed E-state index contributed by atoms with van der Waals surface area (Å²) in [6, 6.07) is 3.77. The van der Waals surface area contributed by atoms with Crippen molar-refractivity contribution in [3.05, 3.63) is 24.2 Å². The van der Waals surface area contributed by atoms with E-state index < -0.39 is 0 Å². The molecule has 0 bridgehead atoms. The van der Waals surface area contributed by atoms with Gasteiger partial charge in [-0.3, -0.25) is 4.68 Å². The highest BCUT2D eigenvalue weighted by atomic mass is 15.3. The van der Waals surface area contributed by atoms with Crippen LogP contribution < -0.4 is 10.6 Å². The first-order valence-corrected chi connectivity index (χ1v) is 6.22. The van der Waals surface area contributed by atoms with Gasteiger partial charge in [-0.1, -0.05) is 20.8 Å². The van der Waals surface area contributed by atoms with Crippen molar-refractivity contribution in [3.63, 3.8) is 0 Å². The van der Waals surface area contributed by atoms with Gasteiger partial charge in [0.25, 0.3) is 0 Å². The molecule has 19 heavy (non-hydrogen) atoms. The summed E-state index contributed by atoms with van der Waals surface area (Å²) in [4.78, 5) is 9.03. The Hall–Kier alpha value is -2.11. The molecule has 0 radical (unpaired) electrons. The molecule has 0 fully saturated rings. The minimum absolute atomic E-state index is 0.104. The Kier molecular flexibility index (Phi) is 3.42. The third-order valence-electron chi connectivity index (χ3n) is 2.62. The number of anilines is 3. The lowest BCUT2D eigenvalue weighted by atomic mass is 9.96. The summed E-state index contributed by atoms with van der Waals surface area (Å²) < 4.78 is 1.74. The lowest BCUT2D eigenvalue weighted by molar-refractivity contribution is 0.547. The maximum absolute atomic E-state index is 4.55. The Balaban J connectivity index is 2.34. The minimum atomic E-state index is -0.104. The molecule has 0 atom stereocenters. The van der Waals surface area contributed by atoms with Gasteiger partial charge >= 0.3 is 0 Å². The average molecular weight is 260 g/mol. The van der Waals surface area contributed by atoms with Gasteiger partial charge in [0.15, 0.2) is 5.82 Å². The molecular weight excluding hydrogens is 240 g/mol. The molecule has 0 aromatic carbocycles. The van der Waals surface area contributed by atoms with Gasteiger partial charge < -0.3 is 10.6 Å². The van der Waals surface area contributed by atoms with Crippen LogP contribution in [0.25, 0.3) is 0 Å². The van der Waals surface area contributed by atoms with Gasteiger partial charge in [0.2, 0.25) is 0 Å². The standard InChI is InChI=1S/C13H20N6/c1-13(2,3)12-16-10(14-4)8-11(17-12)15-9-6-7-19(5)18-9/h6-8H,1-5H3,(H2,14,15,16,17,18). The first-order chi connectivity index (χ1) is 8.88. The Morgan fingerprint density at radius 3 is 2.32 bits per heavy atom. The summed E-state index contributed by atoms with van der Waals surface area (Å²) in [5.41, 5.74) is -0.104. The van der Waals surface area contributed by atoms with Gasteiger partial charge in [-0.2, -0.15) is 5.10 Å². The predicted octanol–water partition coefficient (Wildman–Crippen LogP) is 2.29. The second kappa shape index (κ2) is 4.87. The lowest BCUT2D eigenvalue weighted by Gasteiger charge is -2.18. The molecule has 0 spiro atoms. The second-order valence-electron chi connectivity index (χ2n) is 5.46. The van der Waals surface area contributed by atoms with Gasteiger partial charge in [0, 0.05) is 37.8 Å². The topological polar surface area (TPSA) is 67.7 Å². The number of aromatic nitrogens is 4. The number of hydrogen-bond donors (Lipinski definition) is 2. The van der Waals surface area contributed by atoms with Gasteiger partial charge in [0.05, 0.1) is 0 Å². The summed E-state index contributed by atoms with van der Waals surface area (Å²) >= 11 is 0. The fraction of sp³-hybridized carbons (Fsp3) is 0.462. The maximum atomic E-state index is 4.55. The van der Waals surface area contributed by atoms with Crippen LogP contribution >= 0.6 is 0 Å². The van der Waals surface area contributed by atoms with E-state index in [0.717, 1.165) is 23.3 Å². The molecule has 0 unspecified atom stereocenters. The van der Waals surface area contributed by atoms with E-state index in [9.17, 15) is 0 Å². The molecular formula is C13H20N6. The zero-order valence-electron chi connectivity index (χ0n) is 12.0. The highest BCUT2D eigenvalue weighted by Crippen LogP contribution is 2.23. The van der Waals surface area contributed by atoms with Crippen LogP contribution in [0.3, 0.4) is 0 Å². The van der Waals surface area contributed by atoms with E-state index in [-0.39, 0.29) is 5.41 Å². The number of aryl methyl sites for hydroxylation is 1. The average Bonchev–Trinajstić information content (AvgIpc) is 2.73. The molecule has 2 N–H and O–H groups in total. The van der Waals surface area contributed by atoms with E-state index in [4.69, 9.17) is 0 Å². The van der Waals surface area contributed by atoms with E-state index >= 15 is 0 Å². The summed E-state index contributed by atoms with van der Waals surface area (Å²) in [6.45, 7) is 6.27. The van der Waals surface area contributed by atoms with E-state index in [1.165, 1.54) is 0 Å². The van der Waals surface area contributed by atoms with Gasteiger partial charge in [-0.25, -0.2) is 9.97 Å². The van der Waals surface area contributed by atoms with E-state index in [0.29, 0.717) is 0 Å². The largest absolute Gasteiger partial charge is 0.373 e. The van der Waals surface area contributed by atoms with Crippen molar-refractivity contribution >= 4 is 17.5 Å². The monoisotopic (exact) mass is 260 g/mol. The second-order valence-corrected chi connectivity index (χ2v) is 5.46. The zero-order chi connectivity index (χ0) is 14.0. The van der Waals surface area contributed by atoms with E-state index in [1.54, 1.807) is 4.68 Å². The number of nitrogens with one attached hydrogen (secondary N) is 2. The van der Waals surface area contributed by atoms with Crippen molar-refractivity contribution < 1.29 is 0 Å². The Labute approximate surface area is 113 Å². The van der Waals surface area contributed by atoms with Crippen LogP contribution in [0.15, 0.2) is 18.3 Å². The van der Waals surface area contributed by atoms with Crippen LogP contribution in [0.5, 0.6) is 0 Å². The normalized spacial score (nSPS) is 11.4. The molecule has 0 saturated carbocycles. The Morgan fingerprint density at radius 2 is 1.79 bits per heavy atom. The smallest absolute Gasteiger partial charge is 0.153 e. The number of nitrogens with zero attached hydrogens (tertiary/aromatic N) is 4. The van der Waals surface area contributed by atoms with Crippen molar-refractivity contribution in [1.29, 1.82) is 0 Å². The van der Waals surface area contributed by atoms with Gasteiger partial charge in [0.1, 0.15) is 17.5 Å². The first-order valence-electron chi connectivity index (χ1n) is 6.22. The molecule has 0 aliphatic heterocycles. The van der Waals surface area contributed by atoms with Crippen LogP contribution in [0.1, 0.15) is 26.6 Å². The Morgan fingerprint density at radius 1 is 1.11 bits per heavy atom. The molecule has 0 amide bonds. The molecule has 6 heteroatoms. The first kappa shape index (κ1) is 13.3. The van der Waals surface area contributed by atoms with Crippen molar-refractivity contribution in [2.24, 2.45) is 7.05 Å². The van der Waals surface area contributed by atoms with Crippen LogP contribution in [0, 0.1) is 0 Å². The van der Waals surface area contributed by atoms with Gasteiger partial charge in [-0.05, 0) is 0 Å². The zero-order valence-corrected chi connectivity index (χ0v) is 12.0. The quantitative estimate of drug-likeness (QED) is 0.886. The van der Waals surface area contributed by atoms with Crippen molar-refractivity contribution in [3.8, 4) is 0 Å². The molecule has 102 valence electrons. The number of rotatable bonds is 3. The molecule has 2 heterocycles. The fourth-order valence-corrected chi connectivity index (χ4v) is 1.59. The molecule has 0 saturated heterocycles.